The van der Waals surface area contributed by atoms with Crippen LogP contribution in [0.1, 0.15) is 34.6 Å². The third kappa shape index (κ3) is 3.36. The highest BCUT2D eigenvalue weighted by Crippen LogP contribution is 2.26. The maximum absolute atomic E-state index is 13.1. The largest absolute Gasteiger partial charge is 0.494 e. The van der Waals surface area contributed by atoms with Gasteiger partial charge in [0.05, 0.1) is 31.7 Å². The van der Waals surface area contributed by atoms with Crippen LogP contribution >= 0.6 is 0 Å². The Kier molecular flexibility index (Phi) is 4.74. The number of ether oxygens (including phenoxy) is 1. The van der Waals surface area contributed by atoms with E-state index in [1.54, 1.807) is 26.6 Å². The van der Waals surface area contributed by atoms with Crippen molar-refractivity contribution in [3.05, 3.63) is 29.3 Å². The number of rotatable bonds is 4. The van der Waals surface area contributed by atoms with Crippen LogP contribution in [0, 0.1) is 0 Å². The molecule has 4 heterocycles. The lowest BCUT2D eigenvalue weighted by Crippen LogP contribution is -2.36. The fraction of sp³-hybridized carbons (Fsp3) is 0.500. The van der Waals surface area contributed by atoms with Crippen molar-refractivity contribution in [2.75, 3.05) is 44.0 Å². The molecule has 0 bridgehead atoms. The maximum atomic E-state index is 13.1. The van der Waals surface area contributed by atoms with Gasteiger partial charge in [0, 0.05) is 38.7 Å². The average Bonchev–Trinajstić information content (AvgIpc) is 3.27. The molecule has 0 aromatic carbocycles. The van der Waals surface area contributed by atoms with Crippen LogP contribution in [0.15, 0.2) is 12.4 Å². The summed E-state index contributed by atoms with van der Waals surface area (Å²) in [6, 6.07) is 0. The Morgan fingerprint density at radius 3 is 2.56 bits per heavy atom. The minimum Gasteiger partial charge on any atom is -0.494 e. The number of carbonyl (C=O) groups excluding carboxylic acids is 1. The Bertz CT molecular complexity index is 834. The lowest BCUT2D eigenvalue weighted by Gasteiger charge is -2.30. The lowest BCUT2D eigenvalue weighted by atomic mass is 10.0. The van der Waals surface area contributed by atoms with Crippen LogP contribution in [-0.2, 0) is 13.0 Å². The van der Waals surface area contributed by atoms with E-state index >= 15 is 0 Å². The molecule has 0 unspecified atom stereocenters. The number of methoxy groups -OCH3 is 1. The van der Waals surface area contributed by atoms with Gasteiger partial charge in [-0.3, -0.25) is 4.79 Å². The minimum absolute atomic E-state index is 0.0138. The summed E-state index contributed by atoms with van der Waals surface area (Å²) in [6.07, 6.45) is 6.10. The van der Waals surface area contributed by atoms with Crippen LogP contribution in [0.2, 0.25) is 0 Å². The zero-order valence-electron chi connectivity index (χ0n) is 15.6. The zero-order chi connectivity index (χ0) is 18.8. The molecule has 2 aromatic heterocycles. The summed E-state index contributed by atoms with van der Waals surface area (Å²) in [5.41, 5.74) is 2.28. The molecule has 0 aliphatic carbocycles. The summed E-state index contributed by atoms with van der Waals surface area (Å²) in [5, 5.41) is 2.97. The molecule has 142 valence electrons. The Hall–Kier alpha value is -2.97. The average molecular weight is 369 g/mol. The second-order valence-electron chi connectivity index (χ2n) is 6.66. The van der Waals surface area contributed by atoms with Crippen molar-refractivity contribution in [3.63, 3.8) is 0 Å². The normalized spacial score (nSPS) is 16.2. The SMILES string of the molecule is CNc1nc2c(c(C(=O)N3CCCC3)n1)CN(c1ncc(OC)cn1)CC2. The number of aromatic nitrogens is 4. The van der Waals surface area contributed by atoms with E-state index < -0.39 is 0 Å². The number of nitrogens with one attached hydrogen (secondary N) is 1. The Morgan fingerprint density at radius 2 is 1.89 bits per heavy atom. The van der Waals surface area contributed by atoms with Gasteiger partial charge >= 0.3 is 0 Å². The van der Waals surface area contributed by atoms with Gasteiger partial charge in [0.25, 0.3) is 5.91 Å². The van der Waals surface area contributed by atoms with E-state index in [-0.39, 0.29) is 5.91 Å². The third-order valence-corrected chi connectivity index (χ3v) is 5.01. The smallest absolute Gasteiger partial charge is 0.273 e. The summed E-state index contributed by atoms with van der Waals surface area (Å²) in [6.45, 7) is 2.83. The van der Waals surface area contributed by atoms with Crippen LogP contribution in [0.3, 0.4) is 0 Å². The third-order valence-electron chi connectivity index (χ3n) is 5.01. The van der Waals surface area contributed by atoms with Crippen molar-refractivity contribution in [1.29, 1.82) is 0 Å². The van der Waals surface area contributed by atoms with Crippen LogP contribution in [0.25, 0.3) is 0 Å². The molecule has 1 fully saturated rings. The molecular formula is C18H23N7O2. The molecule has 2 aliphatic rings. The predicted molar refractivity (Wildman–Crippen MR) is 100 cm³/mol. The highest BCUT2D eigenvalue weighted by Gasteiger charge is 2.30. The predicted octanol–water partition coefficient (Wildman–Crippen LogP) is 1.12. The summed E-state index contributed by atoms with van der Waals surface area (Å²) < 4.78 is 5.13. The number of nitrogens with zero attached hydrogens (tertiary/aromatic N) is 6. The second-order valence-corrected chi connectivity index (χ2v) is 6.66. The fourth-order valence-corrected chi connectivity index (χ4v) is 3.52. The first-order chi connectivity index (χ1) is 13.2. The van der Waals surface area contributed by atoms with Crippen molar-refractivity contribution in [1.82, 2.24) is 24.8 Å². The number of fused-ring (bicyclic) bond motifs is 1. The number of likely N-dealkylation sites (tertiary alicyclic amines) is 1. The first-order valence-corrected chi connectivity index (χ1v) is 9.17. The molecule has 27 heavy (non-hydrogen) atoms. The molecular weight excluding hydrogens is 346 g/mol. The zero-order valence-corrected chi connectivity index (χ0v) is 15.6. The summed E-state index contributed by atoms with van der Waals surface area (Å²) >= 11 is 0. The molecule has 9 nitrogen and oxygen atoms in total. The number of anilines is 2. The Labute approximate surface area is 157 Å². The van der Waals surface area contributed by atoms with Crippen molar-refractivity contribution >= 4 is 17.8 Å². The fourth-order valence-electron chi connectivity index (χ4n) is 3.52. The lowest BCUT2D eigenvalue weighted by molar-refractivity contribution is 0.0785. The molecule has 4 rings (SSSR count). The van der Waals surface area contributed by atoms with E-state index in [9.17, 15) is 4.79 Å². The van der Waals surface area contributed by atoms with Gasteiger partial charge in [-0.1, -0.05) is 0 Å². The molecule has 0 atom stereocenters. The van der Waals surface area contributed by atoms with Crippen LogP contribution < -0.4 is 15.0 Å². The maximum Gasteiger partial charge on any atom is 0.273 e. The molecule has 0 saturated carbocycles. The topological polar surface area (TPSA) is 96.4 Å². The van der Waals surface area contributed by atoms with Gasteiger partial charge in [-0.25, -0.2) is 19.9 Å². The summed E-state index contributed by atoms with van der Waals surface area (Å²) in [4.78, 5) is 34.8. The Morgan fingerprint density at radius 1 is 1.15 bits per heavy atom. The van der Waals surface area contributed by atoms with E-state index in [0.717, 1.165) is 43.7 Å². The quantitative estimate of drug-likeness (QED) is 0.856. The van der Waals surface area contributed by atoms with E-state index in [1.807, 2.05) is 9.80 Å². The van der Waals surface area contributed by atoms with Crippen LogP contribution in [-0.4, -0.2) is 64.5 Å². The first-order valence-electron chi connectivity index (χ1n) is 9.17. The molecule has 0 radical (unpaired) electrons. The molecule has 1 saturated heterocycles. The van der Waals surface area contributed by atoms with E-state index in [2.05, 4.69) is 25.3 Å². The first kappa shape index (κ1) is 17.4. The van der Waals surface area contributed by atoms with E-state index in [0.29, 0.717) is 36.3 Å². The van der Waals surface area contributed by atoms with E-state index in [1.165, 1.54) is 0 Å². The van der Waals surface area contributed by atoms with Gasteiger partial charge < -0.3 is 19.9 Å². The highest BCUT2D eigenvalue weighted by molar-refractivity contribution is 5.94. The number of hydrogen-bond acceptors (Lipinski definition) is 8. The van der Waals surface area contributed by atoms with E-state index in [4.69, 9.17) is 4.74 Å². The van der Waals surface area contributed by atoms with Crippen LogP contribution in [0.5, 0.6) is 5.75 Å². The molecule has 2 aliphatic heterocycles. The van der Waals surface area contributed by atoms with Gasteiger partial charge in [0.2, 0.25) is 11.9 Å². The van der Waals surface area contributed by atoms with Gasteiger partial charge in [0.15, 0.2) is 5.75 Å². The summed E-state index contributed by atoms with van der Waals surface area (Å²) in [5.74, 6) is 1.70. The number of hydrogen-bond donors (Lipinski definition) is 1. The van der Waals surface area contributed by atoms with Gasteiger partial charge in [-0.05, 0) is 12.8 Å². The van der Waals surface area contributed by atoms with Crippen molar-refractivity contribution < 1.29 is 9.53 Å². The van der Waals surface area contributed by atoms with Gasteiger partial charge in [-0.2, -0.15) is 0 Å². The second kappa shape index (κ2) is 7.34. The molecule has 1 amide bonds. The number of amides is 1. The van der Waals surface area contributed by atoms with Gasteiger partial charge in [0.1, 0.15) is 5.69 Å². The molecule has 1 N–H and O–H groups in total. The molecule has 0 spiro atoms. The summed E-state index contributed by atoms with van der Waals surface area (Å²) in [7, 11) is 3.36. The number of carbonyl (C=O) groups is 1. The highest BCUT2D eigenvalue weighted by atomic mass is 16.5. The monoisotopic (exact) mass is 369 g/mol. The molecule has 9 heteroatoms. The molecule has 2 aromatic rings. The van der Waals surface area contributed by atoms with Crippen molar-refractivity contribution in [2.45, 2.75) is 25.8 Å². The van der Waals surface area contributed by atoms with Gasteiger partial charge in [-0.15, -0.1) is 0 Å². The van der Waals surface area contributed by atoms with Crippen molar-refractivity contribution in [3.8, 4) is 5.75 Å². The van der Waals surface area contributed by atoms with Crippen molar-refractivity contribution in [2.24, 2.45) is 0 Å². The minimum atomic E-state index is -0.0138. The van der Waals surface area contributed by atoms with Crippen LogP contribution in [0.4, 0.5) is 11.9 Å². The standard InChI is InChI=1S/C18H23N7O2/c1-19-17-22-14-5-8-25(18-20-9-12(27-2)10-21-18)11-13(14)15(23-17)16(26)24-6-3-4-7-24/h9-10H,3-8,11H2,1-2H3,(H,19,22,23). The Balaban J connectivity index is 1.66.